The second-order valence-corrected chi connectivity index (χ2v) is 6.91. The lowest BCUT2D eigenvalue weighted by Gasteiger charge is -2.09. The van der Waals surface area contributed by atoms with Gasteiger partial charge in [0, 0.05) is 5.69 Å². The third-order valence-corrected chi connectivity index (χ3v) is 4.59. The Balaban J connectivity index is 1.95. The molecular weight excluding hydrogens is 328 g/mol. The number of carbonyl (C=O) groups is 1. The maximum Gasteiger partial charge on any atom is 0.241 e. The molecule has 0 fully saturated rings. The number of nitrogens with one attached hydrogen (secondary N) is 2. The van der Waals surface area contributed by atoms with E-state index in [4.69, 9.17) is 4.74 Å². The fraction of sp³-hybridized carbons (Fsp3) is 0.235. The molecule has 0 unspecified atom stereocenters. The maximum atomic E-state index is 12.2. The summed E-state index contributed by atoms with van der Waals surface area (Å²) in [6.45, 7) is 3.91. The first-order chi connectivity index (χ1) is 11.4. The van der Waals surface area contributed by atoms with E-state index in [1.54, 1.807) is 24.3 Å². The lowest BCUT2D eigenvalue weighted by Crippen LogP contribution is -2.32. The molecule has 0 radical (unpaired) electrons. The maximum absolute atomic E-state index is 12.2. The van der Waals surface area contributed by atoms with E-state index in [2.05, 4.69) is 10.0 Å². The smallest absolute Gasteiger partial charge is 0.241 e. The van der Waals surface area contributed by atoms with E-state index in [1.165, 1.54) is 12.1 Å². The molecule has 7 heteroatoms. The monoisotopic (exact) mass is 348 g/mol. The Morgan fingerprint density at radius 2 is 1.83 bits per heavy atom. The summed E-state index contributed by atoms with van der Waals surface area (Å²) in [5.41, 5.74) is 1.63. The van der Waals surface area contributed by atoms with Crippen LogP contribution in [0.5, 0.6) is 5.75 Å². The minimum atomic E-state index is -3.75. The van der Waals surface area contributed by atoms with Crippen LogP contribution in [0.25, 0.3) is 0 Å². The summed E-state index contributed by atoms with van der Waals surface area (Å²) in [6, 6.07) is 13.3. The van der Waals surface area contributed by atoms with E-state index in [-0.39, 0.29) is 11.4 Å². The molecule has 0 aliphatic rings. The molecule has 0 saturated heterocycles. The lowest BCUT2D eigenvalue weighted by molar-refractivity contribution is -0.115. The Hall–Kier alpha value is -2.38. The average Bonchev–Trinajstić information content (AvgIpc) is 2.54. The van der Waals surface area contributed by atoms with Crippen molar-refractivity contribution in [3.8, 4) is 5.75 Å². The van der Waals surface area contributed by atoms with Gasteiger partial charge < -0.3 is 10.1 Å². The highest BCUT2D eigenvalue weighted by atomic mass is 32.2. The molecule has 2 aromatic carbocycles. The van der Waals surface area contributed by atoms with Crippen LogP contribution in [-0.4, -0.2) is 27.5 Å². The summed E-state index contributed by atoms with van der Waals surface area (Å²) in [6.07, 6.45) is 0. The fourth-order valence-electron chi connectivity index (χ4n) is 2.05. The molecular formula is C17H20N2O4S. The first-order valence-corrected chi connectivity index (χ1v) is 8.98. The number of ether oxygens (including phenoxy) is 1. The van der Waals surface area contributed by atoms with Crippen molar-refractivity contribution in [2.75, 3.05) is 18.5 Å². The van der Waals surface area contributed by atoms with Gasteiger partial charge in [0.25, 0.3) is 0 Å². The lowest BCUT2D eigenvalue weighted by atomic mass is 10.2. The molecule has 0 aromatic heterocycles. The van der Waals surface area contributed by atoms with Crippen LogP contribution in [0.4, 0.5) is 5.69 Å². The number of hydrogen-bond donors (Lipinski definition) is 2. The highest BCUT2D eigenvalue weighted by Crippen LogP contribution is 2.15. The number of anilines is 1. The van der Waals surface area contributed by atoms with Crippen LogP contribution < -0.4 is 14.8 Å². The summed E-state index contributed by atoms with van der Waals surface area (Å²) < 4.78 is 31.9. The van der Waals surface area contributed by atoms with Gasteiger partial charge in [0.05, 0.1) is 18.0 Å². The van der Waals surface area contributed by atoms with Crippen LogP contribution in [0.15, 0.2) is 53.4 Å². The minimum absolute atomic E-state index is 0.0781. The number of hydrogen-bond acceptors (Lipinski definition) is 4. The molecule has 1 amide bonds. The predicted octanol–water partition coefficient (Wildman–Crippen LogP) is 2.31. The summed E-state index contributed by atoms with van der Waals surface area (Å²) in [4.78, 5) is 12.0. The second-order valence-electron chi connectivity index (χ2n) is 5.15. The fourth-order valence-corrected chi connectivity index (χ4v) is 3.04. The van der Waals surface area contributed by atoms with E-state index in [9.17, 15) is 13.2 Å². The Morgan fingerprint density at radius 3 is 2.46 bits per heavy atom. The third-order valence-electron chi connectivity index (χ3n) is 3.17. The van der Waals surface area contributed by atoms with Crippen LogP contribution in [0.1, 0.15) is 12.5 Å². The van der Waals surface area contributed by atoms with Crippen molar-refractivity contribution in [2.24, 2.45) is 0 Å². The van der Waals surface area contributed by atoms with E-state index < -0.39 is 15.9 Å². The first-order valence-electron chi connectivity index (χ1n) is 7.50. The molecule has 2 rings (SSSR count). The van der Waals surface area contributed by atoms with Gasteiger partial charge in [0.15, 0.2) is 0 Å². The van der Waals surface area contributed by atoms with E-state index in [0.29, 0.717) is 18.0 Å². The topological polar surface area (TPSA) is 84.5 Å². The van der Waals surface area contributed by atoms with Gasteiger partial charge in [-0.25, -0.2) is 13.1 Å². The highest BCUT2D eigenvalue weighted by Gasteiger charge is 2.15. The van der Waals surface area contributed by atoms with Crippen molar-refractivity contribution >= 4 is 21.6 Å². The zero-order valence-corrected chi connectivity index (χ0v) is 14.4. The van der Waals surface area contributed by atoms with Crippen molar-refractivity contribution < 1.29 is 17.9 Å². The molecule has 6 nitrogen and oxygen atoms in total. The zero-order valence-electron chi connectivity index (χ0n) is 13.6. The Kier molecular flexibility index (Phi) is 5.94. The van der Waals surface area contributed by atoms with Gasteiger partial charge in [-0.15, -0.1) is 0 Å². The zero-order chi connectivity index (χ0) is 17.6. The molecule has 0 aliphatic heterocycles. The van der Waals surface area contributed by atoms with Crippen LogP contribution in [0.3, 0.4) is 0 Å². The SMILES string of the molecule is CCOc1ccc(S(=O)(=O)NCC(=O)Nc2cccc(C)c2)cc1. The summed E-state index contributed by atoms with van der Waals surface area (Å²) in [5, 5.41) is 2.65. The van der Waals surface area contributed by atoms with Crippen molar-refractivity contribution in [1.82, 2.24) is 4.72 Å². The number of carbonyl (C=O) groups excluding carboxylic acids is 1. The van der Waals surface area contributed by atoms with Gasteiger partial charge in [-0.1, -0.05) is 12.1 Å². The van der Waals surface area contributed by atoms with Crippen LogP contribution >= 0.6 is 0 Å². The number of rotatable bonds is 7. The van der Waals surface area contributed by atoms with Crippen LogP contribution in [0, 0.1) is 6.92 Å². The normalized spacial score (nSPS) is 11.1. The molecule has 24 heavy (non-hydrogen) atoms. The largest absolute Gasteiger partial charge is 0.494 e. The molecule has 0 spiro atoms. The molecule has 128 valence electrons. The second kappa shape index (κ2) is 7.94. The van der Waals surface area contributed by atoms with Crippen molar-refractivity contribution in [2.45, 2.75) is 18.7 Å². The molecule has 2 N–H and O–H groups in total. The molecule has 0 aliphatic carbocycles. The van der Waals surface area contributed by atoms with Crippen molar-refractivity contribution in [1.29, 1.82) is 0 Å². The number of benzene rings is 2. The van der Waals surface area contributed by atoms with Gasteiger partial charge in [0.2, 0.25) is 15.9 Å². The highest BCUT2D eigenvalue weighted by molar-refractivity contribution is 7.89. The van der Waals surface area contributed by atoms with E-state index in [0.717, 1.165) is 5.56 Å². The molecule has 2 aromatic rings. The summed E-state index contributed by atoms with van der Waals surface area (Å²) in [5.74, 6) is 0.156. The average molecular weight is 348 g/mol. The first kappa shape index (κ1) is 18.0. The number of sulfonamides is 1. The Bertz CT molecular complexity index is 802. The quantitative estimate of drug-likeness (QED) is 0.804. The van der Waals surface area contributed by atoms with Gasteiger partial charge in [0.1, 0.15) is 5.75 Å². The van der Waals surface area contributed by atoms with Crippen molar-refractivity contribution in [3.63, 3.8) is 0 Å². The molecule has 0 atom stereocenters. The van der Waals surface area contributed by atoms with Gasteiger partial charge >= 0.3 is 0 Å². The Labute approximate surface area is 141 Å². The minimum Gasteiger partial charge on any atom is -0.494 e. The van der Waals surface area contributed by atoms with Gasteiger partial charge in [-0.2, -0.15) is 0 Å². The van der Waals surface area contributed by atoms with Gasteiger partial charge in [-0.05, 0) is 55.8 Å². The van der Waals surface area contributed by atoms with Crippen LogP contribution in [0.2, 0.25) is 0 Å². The standard InChI is InChI=1S/C17H20N2O4S/c1-3-23-15-7-9-16(10-8-15)24(21,22)18-12-17(20)19-14-6-4-5-13(2)11-14/h4-11,18H,3,12H2,1-2H3,(H,19,20). The van der Waals surface area contributed by atoms with Gasteiger partial charge in [-0.3, -0.25) is 4.79 Å². The van der Waals surface area contributed by atoms with E-state index in [1.807, 2.05) is 26.0 Å². The van der Waals surface area contributed by atoms with Crippen molar-refractivity contribution in [3.05, 3.63) is 54.1 Å². The molecule has 0 bridgehead atoms. The number of amides is 1. The van der Waals surface area contributed by atoms with E-state index >= 15 is 0 Å². The molecule has 0 saturated carbocycles. The number of aryl methyl sites for hydroxylation is 1. The summed E-state index contributed by atoms with van der Waals surface area (Å²) in [7, 11) is -3.75. The van der Waals surface area contributed by atoms with Crippen LogP contribution in [-0.2, 0) is 14.8 Å². The Morgan fingerprint density at radius 1 is 1.12 bits per heavy atom. The third kappa shape index (κ3) is 5.07. The summed E-state index contributed by atoms with van der Waals surface area (Å²) >= 11 is 0. The predicted molar refractivity (Wildman–Crippen MR) is 92.6 cm³/mol. The molecule has 0 heterocycles.